The average Bonchev–Trinajstić information content (AvgIpc) is 3.15. The number of hydrogen-bond donors (Lipinski definition) is 1. The van der Waals surface area contributed by atoms with E-state index in [0.29, 0.717) is 36.1 Å². The maximum atomic E-state index is 12.2. The summed E-state index contributed by atoms with van der Waals surface area (Å²) in [5, 5.41) is 15.6. The summed E-state index contributed by atoms with van der Waals surface area (Å²) in [5.74, 6) is 0.961. The summed E-state index contributed by atoms with van der Waals surface area (Å²) in [6.07, 6.45) is 0. The van der Waals surface area contributed by atoms with Gasteiger partial charge in [-0.2, -0.15) is 4.52 Å². The van der Waals surface area contributed by atoms with Crippen LogP contribution in [0.5, 0.6) is 5.88 Å². The normalized spacial score (nSPS) is 10.8. The first-order chi connectivity index (χ1) is 13.7. The molecule has 0 aliphatic carbocycles. The lowest BCUT2D eigenvalue weighted by molar-refractivity contribution is 0.0945. The fraction of sp³-hybridized carbons (Fsp3) is 0.100. The molecule has 0 spiro atoms. The Morgan fingerprint density at radius 1 is 1.00 bits per heavy atom. The van der Waals surface area contributed by atoms with Crippen molar-refractivity contribution in [1.82, 2.24) is 25.1 Å². The Kier molecular flexibility index (Phi) is 5.47. The van der Waals surface area contributed by atoms with Crippen LogP contribution in [0.2, 0.25) is 0 Å². The van der Waals surface area contributed by atoms with Crippen molar-refractivity contribution in [2.24, 2.45) is 0 Å². The van der Waals surface area contributed by atoms with Crippen molar-refractivity contribution in [3.8, 4) is 17.3 Å². The Morgan fingerprint density at radius 3 is 2.61 bits per heavy atom. The largest absolute Gasteiger partial charge is 0.475 e. The first-order valence-electron chi connectivity index (χ1n) is 8.66. The topological polar surface area (TPSA) is 81.4 Å². The predicted octanol–water partition coefficient (Wildman–Crippen LogP) is 3.20. The zero-order chi connectivity index (χ0) is 19.3. The van der Waals surface area contributed by atoms with E-state index < -0.39 is 0 Å². The number of carbonyl (C=O) groups excluding carboxylic acids is 1. The zero-order valence-electron chi connectivity index (χ0n) is 14.7. The molecule has 4 aromatic rings. The molecule has 0 fully saturated rings. The molecule has 2 aromatic heterocycles. The number of nitrogens with one attached hydrogen (secondary N) is 1. The number of carbonyl (C=O) groups is 1. The number of rotatable bonds is 6. The number of halogens is 1. The van der Waals surface area contributed by atoms with E-state index in [9.17, 15) is 4.79 Å². The summed E-state index contributed by atoms with van der Waals surface area (Å²) < 4.78 is 8.24. The van der Waals surface area contributed by atoms with Crippen LogP contribution in [0, 0.1) is 3.57 Å². The fourth-order valence-corrected chi connectivity index (χ4v) is 3.31. The lowest BCUT2D eigenvalue weighted by Gasteiger charge is -2.08. The summed E-state index contributed by atoms with van der Waals surface area (Å²) >= 11 is 2.14. The Hall–Kier alpha value is -3.01. The summed E-state index contributed by atoms with van der Waals surface area (Å²) in [6, 6.07) is 20.7. The van der Waals surface area contributed by atoms with Crippen LogP contribution in [0.15, 0.2) is 66.7 Å². The highest BCUT2D eigenvalue weighted by atomic mass is 127. The highest BCUT2D eigenvalue weighted by molar-refractivity contribution is 14.1. The van der Waals surface area contributed by atoms with E-state index in [1.807, 2.05) is 48.5 Å². The smallest absolute Gasteiger partial charge is 0.252 e. The van der Waals surface area contributed by atoms with Gasteiger partial charge in [0, 0.05) is 15.2 Å². The van der Waals surface area contributed by atoms with Crippen molar-refractivity contribution in [2.45, 2.75) is 0 Å². The molecular weight excluding hydrogens is 469 g/mol. The number of benzene rings is 2. The van der Waals surface area contributed by atoms with E-state index in [-0.39, 0.29) is 5.91 Å². The molecule has 0 unspecified atom stereocenters. The van der Waals surface area contributed by atoms with Crippen molar-refractivity contribution < 1.29 is 9.53 Å². The lowest BCUT2D eigenvalue weighted by Crippen LogP contribution is -2.28. The van der Waals surface area contributed by atoms with Crippen LogP contribution in [-0.4, -0.2) is 38.9 Å². The molecule has 4 rings (SSSR count). The minimum atomic E-state index is -0.123. The molecule has 0 aliphatic heterocycles. The third-order valence-corrected chi connectivity index (χ3v) is 4.97. The highest BCUT2D eigenvalue weighted by Crippen LogP contribution is 2.18. The molecule has 140 valence electrons. The van der Waals surface area contributed by atoms with Gasteiger partial charge in [0.15, 0.2) is 11.5 Å². The van der Waals surface area contributed by atoms with E-state index in [0.717, 1.165) is 9.13 Å². The lowest BCUT2D eigenvalue weighted by atomic mass is 10.2. The molecule has 8 heteroatoms. The van der Waals surface area contributed by atoms with Gasteiger partial charge in [0.25, 0.3) is 5.91 Å². The van der Waals surface area contributed by atoms with Crippen LogP contribution in [-0.2, 0) is 0 Å². The van der Waals surface area contributed by atoms with Gasteiger partial charge in [-0.1, -0.05) is 42.5 Å². The molecule has 0 bridgehead atoms. The summed E-state index contributed by atoms with van der Waals surface area (Å²) in [7, 11) is 0. The molecule has 0 radical (unpaired) electrons. The van der Waals surface area contributed by atoms with E-state index >= 15 is 0 Å². The van der Waals surface area contributed by atoms with Gasteiger partial charge in [-0.05, 0) is 40.8 Å². The van der Waals surface area contributed by atoms with E-state index in [2.05, 4.69) is 43.2 Å². The molecule has 7 nitrogen and oxygen atoms in total. The molecule has 0 atom stereocenters. The minimum absolute atomic E-state index is 0.123. The molecule has 1 N–H and O–H groups in total. The second-order valence-electron chi connectivity index (χ2n) is 5.92. The molecule has 2 aromatic carbocycles. The van der Waals surface area contributed by atoms with Crippen LogP contribution >= 0.6 is 22.6 Å². The number of ether oxygens (including phenoxy) is 1. The zero-order valence-corrected chi connectivity index (χ0v) is 16.9. The van der Waals surface area contributed by atoms with Crippen molar-refractivity contribution in [2.75, 3.05) is 13.2 Å². The van der Waals surface area contributed by atoms with Crippen LogP contribution in [0.1, 0.15) is 10.4 Å². The quantitative estimate of drug-likeness (QED) is 0.335. The Labute approximate surface area is 174 Å². The maximum Gasteiger partial charge on any atom is 0.252 e. The second-order valence-corrected chi connectivity index (χ2v) is 7.08. The Morgan fingerprint density at radius 2 is 1.79 bits per heavy atom. The molecule has 1 amide bonds. The van der Waals surface area contributed by atoms with E-state index in [4.69, 9.17) is 4.74 Å². The number of aromatic nitrogens is 4. The van der Waals surface area contributed by atoms with Gasteiger partial charge in [0.2, 0.25) is 5.88 Å². The van der Waals surface area contributed by atoms with Gasteiger partial charge in [-0.25, -0.2) is 0 Å². The fourth-order valence-electron chi connectivity index (χ4n) is 2.68. The van der Waals surface area contributed by atoms with Gasteiger partial charge in [0.1, 0.15) is 6.61 Å². The monoisotopic (exact) mass is 485 g/mol. The molecule has 28 heavy (non-hydrogen) atoms. The number of amides is 1. The molecule has 0 saturated carbocycles. The number of nitrogens with zero attached hydrogens (tertiary/aromatic N) is 4. The van der Waals surface area contributed by atoms with Gasteiger partial charge < -0.3 is 10.1 Å². The van der Waals surface area contributed by atoms with Crippen LogP contribution in [0.4, 0.5) is 0 Å². The van der Waals surface area contributed by atoms with Gasteiger partial charge in [-0.15, -0.1) is 15.3 Å². The SMILES string of the molecule is O=C(NCCOc1ccc2nnc(-c3ccccc3)n2n1)c1ccccc1I. The molecular formula is C20H16IN5O2. The van der Waals surface area contributed by atoms with Gasteiger partial charge in [0.05, 0.1) is 12.1 Å². The Balaban J connectivity index is 1.40. The van der Waals surface area contributed by atoms with Gasteiger partial charge in [-0.3, -0.25) is 4.79 Å². The van der Waals surface area contributed by atoms with E-state index in [1.165, 1.54) is 0 Å². The summed E-state index contributed by atoms with van der Waals surface area (Å²) in [4.78, 5) is 12.2. The number of fused-ring (bicyclic) bond motifs is 1. The minimum Gasteiger partial charge on any atom is -0.475 e. The first kappa shape index (κ1) is 18.4. The van der Waals surface area contributed by atoms with Crippen molar-refractivity contribution in [1.29, 1.82) is 0 Å². The first-order valence-corrected chi connectivity index (χ1v) is 9.73. The number of hydrogen-bond acceptors (Lipinski definition) is 5. The van der Waals surface area contributed by atoms with Crippen molar-refractivity contribution in [3.05, 3.63) is 75.9 Å². The Bertz CT molecular complexity index is 1110. The predicted molar refractivity (Wildman–Crippen MR) is 113 cm³/mol. The van der Waals surface area contributed by atoms with Crippen LogP contribution in [0.3, 0.4) is 0 Å². The molecule has 0 saturated heterocycles. The third-order valence-electron chi connectivity index (χ3n) is 4.03. The summed E-state index contributed by atoms with van der Waals surface area (Å²) in [6.45, 7) is 0.674. The van der Waals surface area contributed by atoms with Crippen molar-refractivity contribution in [3.63, 3.8) is 0 Å². The molecule has 0 aliphatic rings. The highest BCUT2D eigenvalue weighted by Gasteiger charge is 2.11. The average molecular weight is 485 g/mol. The summed E-state index contributed by atoms with van der Waals surface area (Å²) in [5.41, 5.74) is 2.21. The van der Waals surface area contributed by atoms with Crippen LogP contribution < -0.4 is 10.1 Å². The van der Waals surface area contributed by atoms with Crippen LogP contribution in [0.25, 0.3) is 17.0 Å². The maximum absolute atomic E-state index is 12.2. The molecule has 2 heterocycles. The third kappa shape index (κ3) is 3.96. The second kappa shape index (κ2) is 8.34. The van der Waals surface area contributed by atoms with Gasteiger partial charge >= 0.3 is 0 Å². The van der Waals surface area contributed by atoms with Crippen molar-refractivity contribution >= 4 is 34.1 Å². The standard InChI is InChI=1S/C20H16IN5O2/c21-16-9-5-4-8-15(16)20(27)22-12-13-28-18-11-10-17-23-24-19(26(17)25-18)14-6-2-1-3-7-14/h1-11H,12-13H2,(H,22,27). The van der Waals surface area contributed by atoms with E-state index in [1.54, 1.807) is 22.7 Å².